The van der Waals surface area contributed by atoms with Crippen molar-refractivity contribution in [1.82, 2.24) is 0 Å². The summed E-state index contributed by atoms with van der Waals surface area (Å²) in [5, 5.41) is 0. The molecule has 0 heterocycles. The number of hydrogen-bond acceptors (Lipinski definition) is 5. The minimum atomic E-state index is -4.08. The van der Waals surface area contributed by atoms with Gasteiger partial charge in [-0.1, -0.05) is 6.58 Å². The summed E-state index contributed by atoms with van der Waals surface area (Å²) in [6, 6.07) is 0. The van der Waals surface area contributed by atoms with Gasteiger partial charge in [0.05, 0.1) is 40.9 Å². The van der Waals surface area contributed by atoms with E-state index in [0.717, 1.165) is 17.4 Å². The molecule has 0 aromatic carbocycles. The first kappa shape index (κ1) is 20.3. The van der Waals surface area contributed by atoms with Gasteiger partial charge in [0.15, 0.2) is 0 Å². The molecule has 0 saturated heterocycles. The SMILES string of the molecule is C=C(C)C(=O)OCCOP(=O)(O)OCCCC[N+](C)(C)C. The van der Waals surface area contributed by atoms with Crippen LogP contribution >= 0.6 is 7.82 Å². The fourth-order valence-corrected chi connectivity index (χ4v) is 2.06. The fraction of sp³-hybridized carbons (Fsp3) is 0.769. The predicted octanol–water partition coefficient (Wildman–Crippen LogP) is 1.73. The highest BCUT2D eigenvalue weighted by molar-refractivity contribution is 7.47. The Morgan fingerprint density at radius 2 is 1.71 bits per heavy atom. The molecular weight excluding hydrogens is 297 g/mol. The predicted molar refractivity (Wildman–Crippen MR) is 79.6 cm³/mol. The molecule has 0 saturated carbocycles. The third kappa shape index (κ3) is 12.7. The highest BCUT2D eigenvalue weighted by atomic mass is 31.2. The molecular formula is C13H27NO6P+. The maximum absolute atomic E-state index is 11.5. The molecule has 1 N–H and O–H groups in total. The van der Waals surface area contributed by atoms with E-state index in [1.54, 1.807) is 0 Å². The van der Waals surface area contributed by atoms with Crippen molar-refractivity contribution >= 4 is 13.8 Å². The average Bonchev–Trinajstić information content (AvgIpc) is 2.32. The molecule has 0 fully saturated rings. The van der Waals surface area contributed by atoms with Crippen LogP contribution in [0.1, 0.15) is 19.8 Å². The van der Waals surface area contributed by atoms with E-state index in [2.05, 4.69) is 32.2 Å². The van der Waals surface area contributed by atoms with Crippen LogP contribution < -0.4 is 0 Å². The zero-order chi connectivity index (χ0) is 16.5. The van der Waals surface area contributed by atoms with E-state index in [9.17, 15) is 14.3 Å². The quantitative estimate of drug-likeness (QED) is 0.205. The number of unbranched alkanes of at least 4 members (excludes halogenated alkanes) is 1. The molecule has 0 aromatic rings. The highest BCUT2D eigenvalue weighted by Gasteiger charge is 2.20. The van der Waals surface area contributed by atoms with Crippen LogP contribution in [0.5, 0.6) is 0 Å². The van der Waals surface area contributed by atoms with Crippen molar-refractivity contribution in [3.8, 4) is 0 Å². The number of quaternary nitrogens is 1. The second kappa shape index (κ2) is 9.33. The molecule has 8 heteroatoms. The number of rotatable bonds is 11. The van der Waals surface area contributed by atoms with Gasteiger partial charge in [0, 0.05) is 5.57 Å². The second-order valence-electron chi connectivity index (χ2n) is 5.77. The normalized spacial score (nSPS) is 14.5. The van der Waals surface area contributed by atoms with E-state index < -0.39 is 13.8 Å². The van der Waals surface area contributed by atoms with Gasteiger partial charge in [-0.15, -0.1) is 0 Å². The Hall–Kier alpha value is -0.720. The van der Waals surface area contributed by atoms with Crippen molar-refractivity contribution in [1.29, 1.82) is 0 Å². The van der Waals surface area contributed by atoms with Crippen LogP contribution in [0.2, 0.25) is 0 Å². The van der Waals surface area contributed by atoms with Crippen LogP contribution in [-0.2, 0) is 23.1 Å². The lowest BCUT2D eigenvalue weighted by Gasteiger charge is -2.23. The number of phosphoric acid groups is 1. The molecule has 0 bridgehead atoms. The summed E-state index contributed by atoms with van der Waals surface area (Å²) in [6.45, 7) is 5.71. The molecule has 21 heavy (non-hydrogen) atoms. The van der Waals surface area contributed by atoms with Crippen LogP contribution in [0.4, 0.5) is 0 Å². The molecule has 0 rings (SSSR count). The first-order valence-corrected chi connectivity index (χ1v) is 8.28. The Morgan fingerprint density at radius 1 is 1.14 bits per heavy atom. The minimum absolute atomic E-state index is 0.124. The molecule has 0 aromatic heterocycles. The molecule has 124 valence electrons. The molecule has 0 spiro atoms. The Balaban J connectivity index is 3.72. The van der Waals surface area contributed by atoms with Crippen molar-refractivity contribution in [3.05, 3.63) is 12.2 Å². The van der Waals surface area contributed by atoms with Crippen LogP contribution in [0.15, 0.2) is 12.2 Å². The van der Waals surface area contributed by atoms with E-state index in [4.69, 9.17) is 9.26 Å². The Morgan fingerprint density at radius 3 is 2.24 bits per heavy atom. The topological polar surface area (TPSA) is 82.1 Å². The van der Waals surface area contributed by atoms with Crippen molar-refractivity contribution in [2.24, 2.45) is 0 Å². The molecule has 0 aliphatic heterocycles. The lowest BCUT2D eigenvalue weighted by molar-refractivity contribution is -0.870. The van der Waals surface area contributed by atoms with Gasteiger partial charge < -0.3 is 14.1 Å². The van der Waals surface area contributed by atoms with Crippen LogP contribution in [0.3, 0.4) is 0 Å². The van der Waals surface area contributed by atoms with E-state index in [1.165, 1.54) is 6.92 Å². The number of hydrogen-bond donors (Lipinski definition) is 1. The summed E-state index contributed by atoms with van der Waals surface area (Å²) in [5.41, 5.74) is 0.260. The molecule has 0 aliphatic rings. The molecule has 0 aliphatic carbocycles. The summed E-state index contributed by atoms with van der Waals surface area (Å²) < 4.78 is 26.6. The number of nitrogens with zero attached hydrogens (tertiary/aromatic N) is 1. The Labute approximate surface area is 126 Å². The average molecular weight is 324 g/mol. The minimum Gasteiger partial charge on any atom is -0.460 e. The van der Waals surface area contributed by atoms with Crippen LogP contribution in [0, 0.1) is 0 Å². The van der Waals surface area contributed by atoms with E-state index in [-0.39, 0.29) is 25.4 Å². The van der Waals surface area contributed by atoms with E-state index in [0.29, 0.717) is 6.42 Å². The van der Waals surface area contributed by atoms with Crippen molar-refractivity contribution in [3.63, 3.8) is 0 Å². The first-order chi connectivity index (χ1) is 9.53. The standard InChI is InChI=1S/C13H26NO6P/c1-12(2)13(15)18-10-11-20-21(16,17)19-9-7-6-8-14(3,4)5/h1,6-11H2,2-5H3/p+1. The maximum Gasteiger partial charge on any atom is 0.472 e. The Bertz CT molecular complexity index is 391. The lowest BCUT2D eigenvalue weighted by atomic mass is 10.3. The molecule has 0 amide bonds. The van der Waals surface area contributed by atoms with Gasteiger partial charge in [0.25, 0.3) is 0 Å². The van der Waals surface area contributed by atoms with Crippen LogP contribution in [-0.4, -0.2) is 62.9 Å². The van der Waals surface area contributed by atoms with Gasteiger partial charge in [0.1, 0.15) is 6.61 Å². The fourth-order valence-electron chi connectivity index (χ4n) is 1.32. The van der Waals surface area contributed by atoms with Crippen molar-refractivity contribution in [2.45, 2.75) is 19.8 Å². The Kier molecular flexibility index (Phi) is 9.01. The molecule has 1 unspecified atom stereocenters. The molecule has 0 radical (unpaired) electrons. The van der Waals surface area contributed by atoms with Gasteiger partial charge in [0.2, 0.25) is 0 Å². The third-order valence-corrected chi connectivity index (χ3v) is 3.41. The number of carbonyl (C=O) groups is 1. The summed E-state index contributed by atoms with van der Waals surface area (Å²) in [4.78, 5) is 20.4. The number of ether oxygens (including phenoxy) is 1. The monoisotopic (exact) mass is 324 g/mol. The van der Waals surface area contributed by atoms with Gasteiger partial charge in [-0.25, -0.2) is 9.36 Å². The number of phosphoric ester groups is 1. The van der Waals surface area contributed by atoms with Gasteiger partial charge >= 0.3 is 13.8 Å². The van der Waals surface area contributed by atoms with Gasteiger partial charge in [-0.2, -0.15) is 0 Å². The van der Waals surface area contributed by atoms with Crippen molar-refractivity contribution in [2.75, 3.05) is 47.5 Å². The summed E-state index contributed by atoms with van der Waals surface area (Å²) >= 11 is 0. The zero-order valence-corrected chi connectivity index (χ0v) is 14.2. The van der Waals surface area contributed by atoms with Crippen LogP contribution in [0.25, 0.3) is 0 Å². The van der Waals surface area contributed by atoms with Gasteiger partial charge in [-0.05, 0) is 19.8 Å². The highest BCUT2D eigenvalue weighted by Crippen LogP contribution is 2.43. The maximum atomic E-state index is 11.5. The van der Waals surface area contributed by atoms with Crippen molar-refractivity contribution < 1.29 is 32.5 Å². The molecule has 7 nitrogen and oxygen atoms in total. The van der Waals surface area contributed by atoms with E-state index >= 15 is 0 Å². The number of carbonyl (C=O) groups excluding carboxylic acids is 1. The zero-order valence-electron chi connectivity index (χ0n) is 13.3. The largest absolute Gasteiger partial charge is 0.472 e. The number of esters is 1. The smallest absolute Gasteiger partial charge is 0.460 e. The van der Waals surface area contributed by atoms with Gasteiger partial charge in [-0.3, -0.25) is 9.05 Å². The second-order valence-corrected chi connectivity index (χ2v) is 7.23. The summed E-state index contributed by atoms with van der Waals surface area (Å²) in [7, 11) is 2.15. The summed E-state index contributed by atoms with van der Waals surface area (Å²) in [6.07, 6.45) is 1.56. The van der Waals surface area contributed by atoms with E-state index in [1.807, 2.05) is 0 Å². The molecule has 1 atom stereocenters. The third-order valence-electron chi connectivity index (χ3n) is 2.40. The first-order valence-electron chi connectivity index (χ1n) is 6.78. The lowest BCUT2D eigenvalue weighted by Crippen LogP contribution is -2.35. The summed E-state index contributed by atoms with van der Waals surface area (Å²) in [5.74, 6) is -0.562.